The highest BCUT2D eigenvalue weighted by Gasteiger charge is 2.31. The molecule has 3 rings (SSSR count). The van der Waals surface area contributed by atoms with Gasteiger partial charge in [0, 0.05) is 5.56 Å². The van der Waals surface area contributed by atoms with Gasteiger partial charge in [-0.25, -0.2) is 9.37 Å². The molecular weight excluding hydrogens is 446 g/mol. The summed E-state index contributed by atoms with van der Waals surface area (Å²) < 4.78 is 55.0. The number of alkyl halides is 3. The molecule has 0 unspecified atom stereocenters. The maximum Gasteiger partial charge on any atom is 0.573 e. The second-order valence-corrected chi connectivity index (χ2v) is 6.13. The zero-order valence-electron chi connectivity index (χ0n) is 12.5. The van der Waals surface area contributed by atoms with Gasteiger partial charge in [0.2, 0.25) is 5.82 Å². The van der Waals surface area contributed by atoms with Gasteiger partial charge in [-0.05, 0) is 51.5 Å². The van der Waals surface area contributed by atoms with Crippen molar-refractivity contribution in [3.8, 4) is 17.3 Å². The third kappa shape index (κ3) is 4.47. The van der Waals surface area contributed by atoms with Gasteiger partial charge in [-0.3, -0.25) is 0 Å². The predicted octanol–water partition coefficient (Wildman–Crippen LogP) is 4.24. The van der Waals surface area contributed by atoms with Crippen LogP contribution in [-0.2, 0) is 6.54 Å². The molecule has 0 aliphatic rings. The molecule has 12 heteroatoms. The van der Waals surface area contributed by atoms with E-state index < -0.39 is 17.9 Å². The second-order valence-electron chi connectivity index (χ2n) is 4.91. The van der Waals surface area contributed by atoms with Crippen molar-refractivity contribution in [2.24, 2.45) is 0 Å². The zero-order chi connectivity index (χ0) is 18.9. The molecule has 0 radical (unpaired) electrons. The highest BCUT2D eigenvalue weighted by Crippen LogP contribution is 2.26. The van der Waals surface area contributed by atoms with E-state index in [1.165, 1.54) is 0 Å². The van der Waals surface area contributed by atoms with Crippen molar-refractivity contribution in [1.29, 1.82) is 0 Å². The summed E-state index contributed by atoms with van der Waals surface area (Å²) in [7, 11) is 0. The molecule has 0 aliphatic heterocycles. The fraction of sp³-hybridized carbons (Fsp3) is 0.143. The molecule has 0 bridgehead atoms. The largest absolute Gasteiger partial charge is 0.573 e. The lowest BCUT2D eigenvalue weighted by atomic mass is 10.2. The van der Waals surface area contributed by atoms with Gasteiger partial charge in [0.25, 0.3) is 0 Å². The van der Waals surface area contributed by atoms with Crippen molar-refractivity contribution in [3.05, 3.63) is 51.3 Å². The summed E-state index contributed by atoms with van der Waals surface area (Å²) in [6.07, 6.45) is -4.88. The van der Waals surface area contributed by atoms with E-state index in [-0.39, 0.29) is 28.6 Å². The zero-order valence-corrected chi connectivity index (χ0v) is 14.8. The number of tetrazole rings is 1. The lowest BCUT2D eigenvalue weighted by Crippen LogP contribution is -2.17. The number of hydrogen-bond donors (Lipinski definition) is 0. The van der Waals surface area contributed by atoms with Crippen molar-refractivity contribution >= 4 is 27.5 Å². The minimum atomic E-state index is -4.88. The Morgan fingerprint density at radius 1 is 1.19 bits per heavy atom. The third-order valence-electron chi connectivity index (χ3n) is 3.04. The summed E-state index contributed by atoms with van der Waals surface area (Å²) in [4.78, 5) is 5.13. The molecular formula is C14H7BrClF4N5O. The number of aromatic nitrogens is 5. The third-order valence-corrected chi connectivity index (χ3v) is 3.79. The molecule has 0 N–H and O–H groups in total. The smallest absolute Gasteiger partial charge is 0.406 e. The molecule has 0 saturated carbocycles. The van der Waals surface area contributed by atoms with Crippen molar-refractivity contribution in [3.63, 3.8) is 0 Å². The monoisotopic (exact) mass is 451 g/mol. The number of halogens is 6. The Hall–Kier alpha value is -2.27. The Kier molecular flexibility index (Phi) is 5.10. The van der Waals surface area contributed by atoms with Crippen LogP contribution in [0.3, 0.4) is 0 Å². The summed E-state index contributed by atoms with van der Waals surface area (Å²) in [5.41, 5.74) is 0.144. The summed E-state index contributed by atoms with van der Waals surface area (Å²) in [6.45, 7) is -0.264. The molecule has 6 nitrogen and oxygen atoms in total. The van der Waals surface area contributed by atoms with E-state index in [0.29, 0.717) is 4.60 Å². The molecule has 0 atom stereocenters. The first-order chi connectivity index (χ1) is 12.2. The van der Waals surface area contributed by atoms with E-state index in [2.05, 4.69) is 41.1 Å². The lowest BCUT2D eigenvalue weighted by molar-refractivity contribution is -0.274. The molecule has 0 amide bonds. The van der Waals surface area contributed by atoms with Crippen LogP contribution in [0.2, 0.25) is 5.02 Å². The Morgan fingerprint density at radius 3 is 2.69 bits per heavy atom. The minimum absolute atomic E-state index is 0.0828. The molecule has 2 heterocycles. The van der Waals surface area contributed by atoms with Crippen molar-refractivity contribution in [2.75, 3.05) is 0 Å². The van der Waals surface area contributed by atoms with E-state index in [1.54, 1.807) is 12.1 Å². The molecule has 2 aromatic heterocycles. The lowest BCUT2D eigenvalue weighted by Gasteiger charge is -2.10. The van der Waals surface area contributed by atoms with Crippen LogP contribution < -0.4 is 4.74 Å². The standard InChI is InChI=1S/C14H7BrClF4N5O/c15-11-4-2-9(16)12(21-11)13-22-24-25(23-13)6-7-5-8(1-3-10(7)17)26-14(18,19)20/h1-5H,6H2. The van der Waals surface area contributed by atoms with Gasteiger partial charge in [0.05, 0.1) is 11.6 Å². The predicted molar refractivity (Wildman–Crippen MR) is 85.9 cm³/mol. The van der Waals surface area contributed by atoms with Gasteiger partial charge < -0.3 is 4.74 Å². The van der Waals surface area contributed by atoms with Gasteiger partial charge >= 0.3 is 6.36 Å². The Balaban J connectivity index is 1.85. The summed E-state index contributed by atoms with van der Waals surface area (Å²) >= 11 is 9.21. The van der Waals surface area contributed by atoms with E-state index in [9.17, 15) is 17.6 Å². The molecule has 26 heavy (non-hydrogen) atoms. The maximum absolute atomic E-state index is 13.9. The van der Waals surface area contributed by atoms with Crippen molar-refractivity contribution in [2.45, 2.75) is 12.9 Å². The Labute approximate surface area is 156 Å². The average molecular weight is 453 g/mol. The highest BCUT2D eigenvalue weighted by molar-refractivity contribution is 9.10. The number of ether oxygens (including phenoxy) is 1. The molecule has 0 spiro atoms. The number of pyridine rings is 1. The van der Waals surface area contributed by atoms with E-state index in [1.807, 2.05) is 0 Å². The molecule has 0 fully saturated rings. The van der Waals surface area contributed by atoms with Gasteiger partial charge in [-0.1, -0.05) is 11.6 Å². The summed E-state index contributed by atoms with van der Waals surface area (Å²) in [6, 6.07) is 5.85. The fourth-order valence-corrected chi connectivity index (χ4v) is 2.50. The Bertz CT molecular complexity index is 949. The normalized spacial score (nSPS) is 11.6. The Morgan fingerprint density at radius 2 is 1.96 bits per heavy atom. The number of benzene rings is 1. The number of nitrogens with zero attached hydrogens (tertiary/aromatic N) is 5. The van der Waals surface area contributed by atoms with Crippen LogP contribution in [0.25, 0.3) is 11.5 Å². The number of hydrogen-bond acceptors (Lipinski definition) is 5. The van der Waals surface area contributed by atoms with Gasteiger partial charge in [0.15, 0.2) is 0 Å². The first-order valence-electron chi connectivity index (χ1n) is 6.86. The number of rotatable bonds is 4. The maximum atomic E-state index is 13.9. The highest BCUT2D eigenvalue weighted by atomic mass is 79.9. The fourth-order valence-electron chi connectivity index (χ4n) is 2.00. The quantitative estimate of drug-likeness (QED) is 0.438. The topological polar surface area (TPSA) is 65.7 Å². The summed E-state index contributed by atoms with van der Waals surface area (Å²) in [5.74, 6) is -1.21. The molecule has 1 aromatic carbocycles. The SMILES string of the molecule is Fc1ccc(OC(F)(F)F)cc1Cn1nnc(-c2nc(Br)ccc2Cl)n1. The van der Waals surface area contributed by atoms with Crippen LogP contribution >= 0.6 is 27.5 Å². The first-order valence-corrected chi connectivity index (χ1v) is 8.03. The average Bonchev–Trinajstić information content (AvgIpc) is 3.00. The van der Waals surface area contributed by atoms with Crippen LogP contribution in [0, 0.1) is 5.82 Å². The van der Waals surface area contributed by atoms with Gasteiger partial charge in [0.1, 0.15) is 21.9 Å². The summed E-state index contributed by atoms with van der Waals surface area (Å²) in [5, 5.41) is 11.8. The van der Waals surface area contributed by atoms with Crippen LogP contribution in [-0.4, -0.2) is 31.6 Å². The van der Waals surface area contributed by atoms with Crippen LogP contribution in [0.5, 0.6) is 5.75 Å². The van der Waals surface area contributed by atoms with E-state index in [0.717, 1.165) is 23.0 Å². The van der Waals surface area contributed by atoms with Crippen molar-refractivity contribution < 1.29 is 22.3 Å². The van der Waals surface area contributed by atoms with Crippen LogP contribution in [0.1, 0.15) is 5.56 Å². The molecule has 3 aromatic rings. The second kappa shape index (κ2) is 7.16. The molecule has 136 valence electrons. The minimum Gasteiger partial charge on any atom is -0.406 e. The molecule has 0 saturated heterocycles. The first kappa shape index (κ1) is 18.5. The van der Waals surface area contributed by atoms with E-state index >= 15 is 0 Å². The van der Waals surface area contributed by atoms with Crippen molar-refractivity contribution in [1.82, 2.24) is 25.2 Å². The van der Waals surface area contributed by atoms with Gasteiger partial charge in [-0.2, -0.15) is 4.80 Å². The van der Waals surface area contributed by atoms with Crippen LogP contribution in [0.15, 0.2) is 34.9 Å². The molecule has 0 aliphatic carbocycles. The van der Waals surface area contributed by atoms with Crippen LogP contribution in [0.4, 0.5) is 17.6 Å². The van der Waals surface area contributed by atoms with E-state index in [4.69, 9.17) is 11.6 Å². The van der Waals surface area contributed by atoms with Gasteiger partial charge in [-0.15, -0.1) is 23.4 Å².